The number of carbonyl (C=O) groups is 4. The first-order chi connectivity index (χ1) is 23.1. The van der Waals surface area contributed by atoms with Gasteiger partial charge in [0.15, 0.2) is 17.7 Å². The van der Waals surface area contributed by atoms with Crippen molar-refractivity contribution in [2.75, 3.05) is 12.3 Å². The van der Waals surface area contributed by atoms with Gasteiger partial charge in [-0.25, -0.2) is 28.6 Å². The van der Waals surface area contributed by atoms with E-state index in [1.165, 1.54) is 17.2 Å². The summed E-state index contributed by atoms with van der Waals surface area (Å²) in [5.41, 5.74) is 20.8. The van der Waals surface area contributed by atoms with E-state index in [4.69, 9.17) is 66.6 Å². The fourth-order valence-electron chi connectivity index (χ4n) is 3.17. The largest absolute Gasteiger partial charge is 0.481 e. The second-order valence-electron chi connectivity index (χ2n) is 9.47. The molecular formula is C19H35N8O21P3. The summed E-state index contributed by atoms with van der Waals surface area (Å²) in [7, 11) is -14.8. The third kappa shape index (κ3) is 19.6. The number of hydrogen-bond acceptors (Lipinski definition) is 18. The van der Waals surface area contributed by atoms with Crippen molar-refractivity contribution in [1.29, 1.82) is 0 Å². The van der Waals surface area contributed by atoms with Gasteiger partial charge in [-0.1, -0.05) is 0 Å². The first-order valence-electron chi connectivity index (χ1n) is 13.0. The number of hydrogen-bond donors (Lipinski definition) is 15. The van der Waals surface area contributed by atoms with Crippen LogP contribution in [0.25, 0.3) is 11.2 Å². The Morgan fingerprint density at radius 3 is 1.78 bits per heavy atom. The Labute approximate surface area is 283 Å². The van der Waals surface area contributed by atoms with Gasteiger partial charge in [-0.15, -0.1) is 0 Å². The highest BCUT2D eigenvalue weighted by Gasteiger charge is 2.45. The fourth-order valence-corrected chi connectivity index (χ4v) is 4.62. The summed E-state index contributed by atoms with van der Waals surface area (Å²) in [5, 5.41) is 44.4. The smallest absolute Gasteiger partial charge is 0.478 e. The lowest BCUT2D eigenvalue weighted by Gasteiger charge is -2.16. The molecule has 0 radical (unpaired) electrons. The minimum absolute atomic E-state index is 0.0231. The minimum atomic E-state index is -5.05. The quantitative estimate of drug-likeness (QED) is 0.0842. The van der Waals surface area contributed by atoms with Crippen LogP contribution in [0.2, 0.25) is 0 Å². The van der Waals surface area contributed by atoms with Crippen LogP contribution >= 0.6 is 23.5 Å². The van der Waals surface area contributed by atoms with E-state index in [9.17, 15) is 43.1 Å². The number of primary amides is 1. The number of imidazole rings is 1. The molecule has 2 aromatic rings. The molecule has 1 aliphatic heterocycles. The van der Waals surface area contributed by atoms with Gasteiger partial charge in [-0.3, -0.25) is 28.3 Å². The maximum Gasteiger partial charge on any atom is 0.478 e. The molecule has 32 heteroatoms. The normalized spacial score (nSPS) is 20.0. The lowest BCUT2D eigenvalue weighted by molar-refractivity contribution is -0.141. The average Bonchev–Trinajstić information content (AvgIpc) is 3.50. The Morgan fingerprint density at radius 1 is 0.863 bits per heavy atom. The minimum Gasteiger partial charge on any atom is -0.481 e. The predicted molar refractivity (Wildman–Crippen MR) is 161 cm³/mol. The van der Waals surface area contributed by atoms with Crippen LogP contribution in [-0.2, 0) is 46.4 Å². The summed E-state index contributed by atoms with van der Waals surface area (Å²) in [6.45, 7) is -0.594. The second kappa shape index (κ2) is 20.4. The number of aliphatic hydroxyl groups is 2. The molecule has 292 valence electrons. The Kier molecular flexibility index (Phi) is 19.0. The number of aromatic nitrogens is 4. The van der Waals surface area contributed by atoms with Crippen molar-refractivity contribution in [2.45, 2.75) is 55.9 Å². The number of nitrogen functional groups attached to an aromatic ring is 1. The second-order valence-corrected chi connectivity index (χ2v) is 13.3. The van der Waals surface area contributed by atoms with Gasteiger partial charge < -0.3 is 82.6 Å². The van der Waals surface area contributed by atoms with E-state index >= 15 is 0 Å². The van der Waals surface area contributed by atoms with Crippen molar-refractivity contribution in [2.24, 2.45) is 17.2 Å². The molecule has 1 fully saturated rings. The molecule has 6 atom stereocenters. The standard InChI is InChI=1S/C10H14N5O7P.C5H9NO4.C4H8N2O3.H4O7P2/c11-8-5-9(13-2-12-8)15(3-14-5)10-7(17)6(16)4(22-10)1-21-23(18,19)20;6-3(5(9)10)1-2-4(7)8;5-2(4(8)9)1-3(6)7;1-8(2,3)7-9(4,5)6/h2-4,6-7,10,16-17H,1H2,(H2,11,12,13)(H2,18,19,20);3H,1-2,6H2,(H,7,8)(H,9,10);2H,1,5H2,(H2,6,7)(H,8,9);(H2,1,2,3)(H2,4,5,6)/t4-,6-,7-,10-;3-;2-;/m100./s1. The maximum absolute atomic E-state index is 10.7. The van der Waals surface area contributed by atoms with Gasteiger partial charge in [0.05, 0.1) is 19.4 Å². The zero-order valence-corrected chi connectivity index (χ0v) is 28.1. The first-order valence-corrected chi connectivity index (χ1v) is 17.6. The molecule has 1 amide bonds. The highest BCUT2D eigenvalue weighted by Crippen LogP contribution is 2.53. The van der Waals surface area contributed by atoms with E-state index in [1.807, 2.05) is 0 Å². The van der Waals surface area contributed by atoms with E-state index in [-0.39, 0.29) is 30.7 Å². The van der Waals surface area contributed by atoms with Crippen molar-refractivity contribution in [3.8, 4) is 0 Å². The number of nitrogens with zero attached hydrogens (tertiary/aromatic N) is 4. The molecule has 3 heterocycles. The lowest BCUT2D eigenvalue weighted by Crippen LogP contribution is -2.34. The number of fused-ring (bicyclic) bond motifs is 1. The van der Waals surface area contributed by atoms with Crippen LogP contribution < -0.4 is 22.9 Å². The highest BCUT2D eigenvalue weighted by atomic mass is 31.3. The molecule has 0 bridgehead atoms. The van der Waals surface area contributed by atoms with Gasteiger partial charge >= 0.3 is 41.4 Å². The van der Waals surface area contributed by atoms with Crippen LogP contribution in [0.5, 0.6) is 0 Å². The number of carboxylic acid groups (broad SMARTS) is 3. The third-order valence-electron chi connectivity index (χ3n) is 5.34. The van der Waals surface area contributed by atoms with E-state index in [0.29, 0.717) is 5.52 Å². The molecule has 0 aliphatic carbocycles. The molecule has 1 aliphatic rings. The number of rotatable bonds is 13. The van der Waals surface area contributed by atoms with Crippen LogP contribution in [0.4, 0.5) is 5.82 Å². The van der Waals surface area contributed by atoms with Crippen molar-refractivity contribution in [3.05, 3.63) is 12.7 Å². The van der Waals surface area contributed by atoms with Crippen LogP contribution in [-0.4, -0.2) is 135 Å². The number of phosphoric acid groups is 3. The van der Waals surface area contributed by atoms with Crippen LogP contribution in [0.1, 0.15) is 25.5 Å². The number of aliphatic carboxylic acids is 3. The van der Waals surface area contributed by atoms with Crippen molar-refractivity contribution >= 4 is 64.3 Å². The Bertz CT molecular complexity index is 1610. The molecule has 51 heavy (non-hydrogen) atoms. The van der Waals surface area contributed by atoms with Gasteiger partial charge in [0, 0.05) is 6.42 Å². The molecule has 29 nitrogen and oxygen atoms in total. The molecular weight excluding hydrogens is 769 g/mol. The maximum atomic E-state index is 10.7. The van der Waals surface area contributed by atoms with E-state index in [2.05, 4.69) is 29.5 Å². The Balaban J connectivity index is 0.000000747. The van der Waals surface area contributed by atoms with Gasteiger partial charge in [0.25, 0.3) is 0 Å². The summed E-state index contributed by atoms with van der Waals surface area (Å²) in [6.07, 6.45) is -3.02. The fraction of sp³-hybridized carbons (Fsp3) is 0.526. The number of amides is 1. The molecule has 2 aromatic heterocycles. The predicted octanol–water partition coefficient (Wildman–Crippen LogP) is -5.14. The number of carbonyl (C=O) groups excluding carboxylic acids is 1. The lowest BCUT2D eigenvalue weighted by atomic mass is 10.1. The zero-order valence-electron chi connectivity index (χ0n) is 25.4. The van der Waals surface area contributed by atoms with Gasteiger partial charge in [0.2, 0.25) is 5.91 Å². The van der Waals surface area contributed by atoms with Gasteiger partial charge in [0.1, 0.15) is 42.2 Å². The number of aliphatic hydroxyl groups excluding tert-OH is 2. The molecule has 19 N–H and O–H groups in total. The molecule has 0 unspecified atom stereocenters. The topological polar surface area (TPSA) is 517 Å². The molecule has 0 aromatic carbocycles. The third-order valence-corrected chi connectivity index (χ3v) is 7.53. The van der Waals surface area contributed by atoms with Crippen molar-refractivity contribution < 1.29 is 101 Å². The van der Waals surface area contributed by atoms with E-state index in [0.717, 1.165) is 0 Å². The van der Waals surface area contributed by atoms with E-state index in [1.54, 1.807) is 0 Å². The highest BCUT2D eigenvalue weighted by molar-refractivity contribution is 7.60. The molecule has 1 saturated heterocycles. The summed E-state index contributed by atoms with van der Waals surface area (Å²) >= 11 is 0. The number of phosphoric ester groups is 1. The summed E-state index contributed by atoms with van der Waals surface area (Å²) in [4.78, 5) is 100.0. The van der Waals surface area contributed by atoms with E-state index < -0.39 is 90.5 Å². The summed E-state index contributed by atoms with van der Waals surface area (Å²) < 4.78 is 44.0. The van der Waals surface area contributed by atoms with Crippen LogP contribution in [0.3, 0.4) is 0 Å². The Hall–Kier alpha value is -3.60. The van der Waals surface area contributed by atoms with Gasteiger partial charge in [-0.2, -0.15) is 4.31 Å². The molecule has 0 saturated carbocycles. The molecule has 0 spiro atoms. The number of anilines is 1. The number of ether oxygens (including phenoxy) is 1. The number of nitrogens with two attached hydrogens (primary N) is 4. The summed E-state index contributed by atoms with van der Waals surface area (Å²) in [5.74, 6) is -3.97. The SMILES string of the molecule is NC(=O)C[C@H](N)C(=O)O.N[C@@H](CCC(=O)O)C(=O)O.Nc1ncnc2c1ncn2[C@@H]1O[C@H](COP(=O)(O)O)[C@@H](O)[C@H]1O.O=P(O)(O)OP(=O)(O)O. The van der Waals surface area contributed by atoms with Crippen LogP contribution in [0.15, 0.2) is 12.7 Å². The number of carboxylic acids is 3. The average molecular weight is 804 g/mol. The monoisotopic (exact) mass is 804 g/mol. The van der Waals surface area contributed by atoms with Crippen molar-refractivity contribution in [3.63, 3.8) is 0 Å². The Morgan fingerprint density at radius 2 is 1.39 bits per heavy atom. The van der Waals surface area contributed by atoms with Gasteiger partial charge in [-0.05, 0) is 6.42 Å². The van der Waals surface area contributed by atoms with Crippen molar-refractivity contribution in [1.82, 2.24) is 19.5 Å². The zero-order chi connectivity index (χ0) is 40.1. The first kappa shape index (κ1) is 47.4. The molecule has 3 rings (SSSR count). The summed E-state index contributed by atoms with van der Waals surface area (Å²) in [6, 6.07) is -2.22. The van der Waals surface area contributed by atoms with Crippen LogP contribution in [0, 0.1) is 0 Å².